The van der Waals surface area contributed by atoms with Crippen molar-refractivity contribution in [2.45, 2.75) is 26.9 Å². The van der Waals surface area contributed by atoms with E-state index < -0.39 is 0 Å². The Kier molecular flexibility index (Phi) is 4.53. The molecule has 0 aliphatic heterocycles. The zero-order chi connectivity index (χ0) is 13.7. The van der Waals surface area contributed by atoms with Crippen LogP contribution in [0.4, 0.5) is 5.69 Å². The van der Waals surface area contributed by atoms with Crippen LogP contribution in [0.25, 0.3) is 0 Å². The number of nitrogens with two attached hydrogens (primary N) is 1. The first-order valence-electron chi connectivity index (χ1n) is 6.69. The number of rotatable bonds is 5. The zero-order valence-electron chi connectivity index (χ0n) is 11.6. The van der Waals surface area contributed by atoms with E-state index in [9.17, 15) is 0 Å². The maximum Gasteiger partial charge on any atom is 0.0542 e. The number of nitrogens with zero attached hydrogens (tertiary/aromatic N) is 2. The van der Waals surface area contributed by atoms with Gasteiger partial charge >= 0.3 is 0 Å². The second-order valence-corrected chi connectivity index (χ2v) is 4.66. The van der Waals surface area contributed by atoms with Gasteiger partial charge in [-0.2, -0.15) is 0 Å². The van der Waals surface area contributed by atoms with E-state index in [1.165, 1.54) is 16.8 Å². The summed E-state index contributed by atoms with van der Waals surface area (Å²) >= 11 is 0. The summed E-state index contributed by atoms with van der Waals surface area (Å²) in [5.41, 5.74) is 10.4. The second-order valence-electron chi connectivity index (χ2n) is 4.66. The largest absolute Gasteiger partial charge is 0.367 e. The highest BCUT2D eigenvalue weighted by molar-refractivity contribution is 5.53. The lowest BCUT2D eigenvalue weighted by Gasteiger charge is -2.25. The number of aryl methyl sites for hydroxylation is 1. The predicted octanol–water partition coefficient (Wildman–Crippen LogP) is 2.88. The van der Waals surface area contributed by atoms with Gasteiger partial charge in [0.2, 0.25) is 0 Å². The Morgan fingerprint density at radius 3 is 2.68 bits per heavy atom. The molecule has 0 bridgehead atoms. The molecule has 1 heterocycles. The standard InChI is InChI=1S/C16H21N3/c1-3-19(16-7-5-4-6-13(16)2)12-14-8-9-18-15(10-14)11-17/h4-10H,3,11-12,17H2,1-2H3. The van der Waals surface area contributed by atoms with Crippen LogP contribution in [0.1, 0.15) is 23.7 Å². The molecule has 19 heavy (non-hydrogen) atoms. The average Bonchev–Trinajstić information content (AvgIpc) is 2.46. The Labute approximate surface area is 115 Å². The molecule has 0 aliphatic carbocycles. The highest BCUT2D eigenvalue weighted by Gasteiger charge is 2.08. The minimum absolute atomic E-state index is 0.490. The summed E-state index contributed by atoms with van der Waals surface area (Å²) in [5.74, 6) is 0. The van der Waals surface area contributed by atoms with Crippen LogP contribution in [0, 0.1) is 6.92 Å². The molecule has 0 unspecified atom stereocenters. The summed E-state index contributed by atoms with van der Waals surface area (Å²) in [6.45, 7) is 6.68. The maximum atomic E-state index is 5.64. The first-order chi connectivity index (χ1) is 9.24. The van der Waals surface area contributed by atoms with E-state index in [0.29, 0.717) is 6.54 Å². The zero-order valence-corrected chi connectivity index (χ0v) is 11.6. The third-order valence-electron chi connectivity index (χ3n) is 3.30. The molecule has 0 amide bonds. The van der Waals surface area contributed by atoms with Gasteiger partial charge in [-0.3, -0.25) is 4.98 Å². The van der Waals surface area contributed by atoms with Crippen LogP contribution < -0.4 is 10.6 Å². The van der Waals surface area contributed by atoms with Gasteiger partial charge in [-0.1, -0.05) is 18.2 Å². The van der Waals surface area contributed by atoms with Crippen LogP contribution >= 0.6 is 0 Å². The molecule has 0 radical (unpaired) electrons. The van der Waals surface area contributed by atoms with Gasteiger partial charge in [0.1, 0.15) is 0 Å². The smallest absolute Gasteiger partial charge is 0.0542 e. The Bertz CT molecular complexity index is 537. The molecule has 0 atom stereocenters. The number of para-hydroxylation sites is 1. The van der Waals surface area contributed by atoms with Gasteiger partial charge in [0, 0.05) is 31.5 Å². The Morgan fingerprint density at radius 1 is 1.21 bits per heavy atom. The van der Waals surface area contributed by atoms with E-state index in [2.05, 4.69) is 60.1 Å². The molecular formula is C16H21N3. The molecule has 1 aromatic heterocycles. The molecule has 1 aromatic carbocycles. The lowest BCUT2D eigenvalue weighted by Crippen LogP contribution is -2.23. The fourth-order valence-electron chi connectivity index (χ4n) is 2.24. The maximum absolute atomic E-state index is 5.64. The molecule has 2 N–H and O–H groups in total. The summed E-state index contributed by atoms with van der Waals surface area (Å²) in [6.07, 6.45) is 1.84. The highest BCUT2D eigenvalue weighted by atomic mass is 15.1. The SMILES string of the molecule is CCN(Cc1ccnc(CN)c1)c1ccccc1C. The van der Waals surface area contributed by atoms with Gasteiger partial charge in [-0.25, -0.2) is 0 Å². The molecule has 100 valence electrons. The Morgan fingerprint density at radius 2 is 2.00 bits per heavy atom. The second kappa shape index (κ2) is 6.34. The first kappa shape index (κ1) is 13.6. The van der Waals surface area contributed by atoms with Gasteiger partial charge < -0.3 is 10.6 Å². The van der Waals surface area contributed by atoms with Gasteiger partial charge in [0.05, 0.1) is 5.69 Å². The molecule has 0 aliphatic rings. The summed E-state index contributed by atoms with van der Waals surface area (Å²) in [5, 5.41) is 0. The van der Waals surface area contributed by atoms with Crippen molar-refractivity contribution in [2.24, 2.45) is 5.73 Å². The van der Waals surface area contributed by atoms with Crippen molar-refractivity contribution >= 4 is 5.69 Å². The lowest BCUT2D eigenvalue weighted by molar-refractivity contribution is 0.822. The molecule has 0 fully saturated rings. The summed E-state index contributed by atoms with van der Waals surface area (Å²) < 4.78 is 0. The predicted molar refractivity (Wildman–Crippen MR) is 80.0 cm³/mol. The minimum atomic E-state index is 0.490. The highest BCUT2D eigenvalue weighted by Crippen LogP contribution is 2.21. The van der Waals surface area contributed by atoms with Crippen molar-refractivity contribution in [2.75, 3.05) is 11.4 Å². The van der Waals surface area contributed by atoms with Crippen molar-refractivity contribution in [1.82, 2.24) is 4.98 Å². The van der Waals surface area contributed by atoms with Gasteiger partial charge in [0.15, 0.2) is 0 Å². The van der Waals surface area contributed by atoms with Crippen LogP contribution in [0.5, 0.6) is 0 Å². The van der Waals surface area contributed by atoms with Crippen LogP contribution in [0.3, 0.4) is 0 Å². The third-order valence-corrected chi connectivity index (χ3v) is 3.30. The minimum Gasteiger partial charge on any atom is -0.367 e. The molecule has 0 saturated carbocycles. The van der Waals surface area contributed by atoms with Crippen molar-refractivity contribution in [1.29, 1.82) is 0 Å². The van der Waals surface area contributed by atoms with Gasteiger partial charge in [-0.15, -0.1) is 0 Å². The summed E-state index contributed by atoms with van der Waals surface area (Å²) in [4.78, 5) is 6.60. The van der Waals surface area contributed by atoms with Crippen LogP contribution in [0.2, 0.25) is 0 Å². The monoisotopic (exact) mass is 255 g/mol. The summed E-state index contributed by atoms with van der Waals surface area (Å²) in [7, 11) is 0. The van der Waals surface area contributed by atoms with Crippen LogP contribution in [-0.4, -0.2) is 11.5 Å². The molecule has 3 nitrogen and oxygen atoms in total. The van der Waals surface area contributed by atoms with E-state index in [4.69, 9.17) is 5.73 Å². The topological polar surface area (TPSA) is 42.2 Å². The quantitative estimate of drug-likeness (QED) is 0.893. The summed E-state index contributed by atoms with van der Waals surface area (Å²) in [6, 6.07) is 12.6. The number of anilines is 1. The van der Waals surface area contributed by atoms with Crippen LogP contribution in [0.15, 0.2) is 42.6 Å². The normalized spacial score (nSPS) is 10.5. The van der Waals surface area contributed by atoms with Crippen molar-refractivity contribution in [3.05, 3.63) is 59.4 Å². The number of aromatic nitrogens is 1. The molecule has 0 saturated heterocycles. The van der Waals surface area contributed by atoms with E-state index in [0.717, 1.165) is 18.8 Å². The fraction of sp³-hybridized carbons (Fsp3) is 0.312. The number of hydrogen-bond acceptors (Lipinski definition) is 3. The first-order valence-corrected chi connectivity index (χ1v) is 6.69. The fourth-order valence-corrected chi connectivity index (χ4v) is 2.24. The van der Waals surface area contributed by atoms with Crippen LogP contribution in [-0.2, 0) is 13.1 Å². The van der Waals surface area contributed by atoms with Gasteiger partial charge in [0.25, 0.3) is 0 Å². The molecule has 3 heteroatoms. The van der Waals surface area contributed by atoms with Crippen molar-refractivity contribution in [3.63, 3.8) is 0 Å². The van der Waals surface area contributed by atoms with Crippen molar-refractivity contribution < 1.29 is 0 Å². The molecule has 2 rings (SSSR count). The van der Waals surface area contributed by atoms with E-state index in [1.807, 2.05) is 6.20 Å². The van der Waals surface area contributed by atoms with Crippen molar-refractivity contribution in [3.8, 4) is 0 Å². The Balaban J connectivity index is 2.21. The van der Waals surface area contributed by atoms with E-state index in [-0.39, 0.29) is 0 Å². The molecule has 2 aromatic rings. The van der Waals surface area contributed by atoms with E-state index in [1.54, 1.807) is 0 Å². The number of hydrogen-bond donors (Lipinski definition) is 1. The Hall–Kier alpha value is -1.87. The molecule has 0 spiro atoms. The lowest BCUT2D eigenvalue weighted by atomic mass is 10.1. The third kappa shape index (κ3) is 3.32. The number of benzene rings is 1. The van der Waals surface area contributed by atoms with Gasteiger partial charge in [-0.05, 0) is 43.2 Å². The number of pyridine rings is 1. The van der Waals surface area contributed by atoms with E-state index >= 15 is 0 Å². The average molecular weight is 255 g/mol. The molecular weight excluding hydrogens is 234 g/mol.